The molecule has 0 spiro atoms. The molecule has 0 aromatic carbocycles. The Morgan fingerprint density at radius 1 is 1.26 bits per heavy atom. The van der Waals surface area contributed by atoms with Crippen LogP contribution in [0.4, 0.5) is 24.8 Å². The van der Waals surface area contributed by atoms with Gasteiger partial charge < -0.3 is 21.1 Å². The SMILES string of the molecule is CC(NC(=O)c1c(N)nn2cccnc12)c1cc(Cl)c2ccnn2c1N1CCS(=O)(=O)C(C)(C)C1.O=C(O)C(F)(F)F. The zero-order valence-corrected chi connectivity index (χ0v) is 24.0. The number of halogens is 4. The second-order valence-corrected chi connectivity index (χ2v) is 13.2. The summed E-state index contributed by atoms with van der Waals surface area (Å²) in [5.74, 6) is -2.44. The molecule has 0 aliphatic carbocycles. The monoisotopic (exact) mass is 630 g/mol. The lowest BCUT2D eigenvalue weighted by Crippen LogP contribution is -2.53. The van der Waals surface area contributed by atoms with Crippen molar-refractivity contribution >= 4 is 56.1 Å². The van der Waals surface area contributed by atoms with Crippen molar-refractivity contribution < 1.29 is 36.3 Å². The van der Waals surface area contributed by atoms with Crippen molar-refractivity contribution in [3.05, 3.63) is 52.9 Å². The van der Waals surface area contributed by atoms with E-state index in [4.69, 9.17) is 27.2 Å². The Kier molecular flexibility index (Phi) is 8.03. The summed E-state index contributed by atoms with van der Waals surface area (Å²) in [7, 11) is -3.25. The molecule has 0 bridgehead atoms. The van der Waals surface area contributed by atoms with Crippen LogP contribution in [0.5, 0.6) is 0 Å². The molecule has 4 N–H and O–H groups in total. The van der Waals surface area contributed by atoms with Gasteiger partial charge in [-0.25, -0.2) is 27.2 Å². The number of aromatic nitrogens is 5. The van der Waals surface area contributed by atoms with Crippen molar-refractivity contribution in [3.63, 3.8) is 0 Å². The van der Waals surface area contributed by atoms with Gasteiger partial charge in [-0.3, -0.25) is 4.79 Å². The van der Waals surface area contributed by atoms with Gasteiger partial charge >= 0.3 is 12.1 Å². The molecule has 0 radical (unpaired) electrons. The number of nitrogen functional groups attached to an aromatic ring is 1. The van der Waals surface area contributed by atoms with E-state index < -0.39 is 38.7 Å². The molecule has 4 aromatic rings. The third kappa shape index (κ3) is 5.78. The molecule has 1 fully saturated rings. The van der Waals surface area contributed by atoms with E-state index in [2.05, 4.69) is 20.5 Å². The van der Waals surface area contributed by atoms with Crippen LogP contribution in [0.15, 0.2) is 36.8 Å². The molecule has 1 aliphatic heterocycles. The molecule has 5 heterocycles. The van der Waals surface area contributed by atoms with Crippen molar-refractivity contribution in [3.8, 4) is 0 Å². The molecule has 5 rings (SSSR count). The zero-order chi connectivity index (χ0) is 31.2. The normalized spacial score (nSPS) is 17.0. The Bertz CT molecular complexity index is 1790. The van der Waals surface area contributed by atoms with Gasteiger partial charge in [0, 0.05) is 31.0 Å². The van der Waals surface area contributed by atoms with Crippen molar-refractivity contribution in [2.24, 2.45) is 0 Å². The first-order chi connectivity index (χ1) is 19.4. The molecule has 1 unspecified atom stereocenters. The summed E-state index contributed by atoms with van der Waals surface area (Å²) in [6.07, 6.45) is -0.226. The lowest BCUT2D eigenvalue weighted by Gasteiger charge is -2.40. The van der Waals surface area contributed by atoms with Crippen LogP contribution in [0.25, 0.3) is 11.2 Å². The van der Waals surface area contributed by atoms with Crippen LogP contribution in [0.1, 0.15) is 42.7 Å². The minimum absolute atomic E-state index is 0.0101. The first-order valence-electron chi connectivity index (χ1n) is 12.3. The molecule has 226 valence electrons. The third-order valence-corrected chi connectivity index (χ3v) is 9.51. The summed E-state index contributed by atoms with van der Waals surface area (Å²) in [6, 6.07) is 4.74. The van der Waals surface area contributed by atoms with Crippen LogP contribution in [0.2, 0.25) is 5.02 Å². The second-order valence-electron chi connectivity index (χ2n) is 10.0. The first-order valence-corrected chi connectivity index (χ1v) is 14.3. The van der Waals surface area contributed by atoms with Gasteiger partial charge in [-0.15, -0.1) is 5.10 Å². The predicted octanol–water partition coefficient (Wildman–Crippen LogP) is 2.75. The fourth-order valence-electron chi connectivity index (χ4n) is 4.48. The summed E-state index contributed by atoms with van der Waals surface area (Å²) in [5, 5.41) is 19.2. The quantitative estimate of drug-likeness (QED) is 0.304. The fraction of sp³-hybridized carbons (Fsp3) is 0.375. The number of amides is 1. The summed E-state index contributed by atoms with van der Waals surface area (Å²) in [5.41, 5.74) is 7.92. The highest BCUT2D eigenvalue weighted by Gasteiger charge is 2.42. The molecule has 0 saturated carbocycles. The van der Waals surface area contributed by atoms with Crippen molar-refractivity contribution in [1.82, 2.24) is 29.5 Å². The van der Waals surface area contributed by atoms with Gasteiger partial charge in [0.1, 0.15) is 11.4 Å². The average molecular weight is 631 g/mol. The largest absolute Gasteiger partial charge is 0.490 e. The van der Waals surface area contributed by atoms with Crippen molar-refractivity contribution in [2.75, 3.05) is 29.5 Å². The number of pyridine rings is 1. The number of nitrogens with one attached hydrogen (secondary N) is 1. The summed E-state index contributed by atoms with van der Waals surface area (Å²) in [4.78, 5) is 28.4. The number of aliphatic carboxylic acids is 1. The van der Waals surface area contributed by atoms with Gasteiger partial charge in [-0.1, -0.05) is 11.6 Å². The third-order valence-electron chi connectivity index (χ3n) is 6.68. The van der Waals surface area contributed by atoms with Gasteiger partial charge in [0.25, 0.3) is 5.91 Å². The van der Waals surface area contributed by atoms with E-state index in [9.17, 15) is 26.4 Å². The fourth-order valence-corrected chi connectivity index (χ4v) is 6.10. The number of nitrogens with two attached hydrogens (primary N) is 1. The van der Waals surface area contributed by atoms with E-state index in [0.717, 1.165) is 0 Å². The number of hydrogen-bond acceptors (Lipinski definition) is 9. The molecule has 1 amide bonds. The molecule has 4 aromatic heterocycles. The smallest absolute Gasteiger partial charge is 0.475 e. The summed E-state index contributed by atoms with van der Waals surface area (Å²) >= 11 is 6.57. The number of carboxylic acids is 1. The Balaban J connectivity index is 0.000000517. The van der Waals surface area contributed by atoms with E-state index in [0.29, 0.717) is 34.1 Å². The van der Waals surface area contributed by atoms with E-state index in [1.807, 2.05) is 11.8 Å². The molecule has 13 nitrogen and oxygen atoms in total. The number of fused-ring (bicyclic) bond motifs is 2. The molecular weight excluding hydrogens is 605 g/mol. The molecule has 1 saturated heterocycles. The highest BCUT2D eigenvalue weighted by molar-refractivity contribution is 7.92. The Hall–Kier alpha value is -4.12. The van der Waals surface area contributed by atoms with E-state index in [1.165, 1.54) is 4.52 Å². The standard InChI is InChI=1S/C22H25ClN8O3S.C2HF3O2/c1-13(27-20(32)17-18(24)28-30-8-4-6-25-19(17)30)14-11-15(23)16-5-7-26-31(16)21(14)29-9-10-35(33,34)22(2,3)12-29;3-2(4,5)1(6)7/h4-8,11,13H,9-10,12H2,1-3H3,(H2,24,28)(H,27,32);(H,6,7). The van der Waals surface area contributed by atoms with Gasteiger partial charge in [0.2, 0.25) is 0 Å². The number of anilines is 2. The molecule has 1 atom stereocenters. The lowest BCUT2D eigenvalue weighted by molar-refractivity contribution is -0.192. The zero-order valence-electron chi connectivity index (χ0n) is 22.4. The maximum Gasteiger partial charge on any atom is 0.490 e. The maximum atomic E-state index is 13.3. The van der Waals surface area contributed by atoms with Gasteiger partial charge in [0.15, 0.2) is 21.3 Å². The van der Waals surface area contributed by atoms with Crippen LogP contribution in [-0.4, -0.2) is 79.4 Å². The van der Waals surface area contributed by atoms with Crippen LogP contribution >= 0.6 is 11.6 Å². The van der Waals surface area contributed by atoms with Crippen LogP contribution < -0.4 is 16.0 Å². The van der Waals surface area contributed by atoms with Crippen molar-refractivity contribution in [1.29, 1.82) is 0 Å². The number of rotatable bonds is 4. The van der Waals surface area contributed by atoms with Crippen LogP contribution in [0, 0.1) is 0 Å². The number of sulfone groups is 1. The number of carbonyl (C=O) groups excluding carboxylic acids is 1. The summed E-state index contributed by atoms with van der Waals surface area (Å²) in [6.45, 7) is 5.82. The minimum Gasteiger partial charge on any atom is -0.475 e. The topological polar surface area (TPSA) is 177 Å². The summed E-state index contributed by atoms with van der Waals surface area (Å²) < 4.78 is 59.2. The molecule has 42 heavy (non-hydrogen) atoms. The van der Waals surface area contributed by atoms with Crippen LogP contribution in [0.3, 0.4) is 0 Å². The van der Waals surface area contributed by atoms with Crippen molar-refractivity contribution in [2.45, 2.75) is 37.7 Å². The predicted molar refractivity (Wildman–Crippen MR) is 147 cm³/mol. The average Bonchev–Trinajstić information content (AvgIpc) is 3.50. The van der Waals surface area contributed by atoms with E-state index in [-0.39, 0.29) is 23.7 Å². The number of carbonyl (C=O) groups is 2. The highest BCUT2D eigenvalue weighted by atomic mass is 35.5. The van der Waals surface area contributed by atoms with E-state index in [1.54, 1.807) is 55.2 Å². The van der Waals surface area contributed by atoms with E-state index >= 15 is 0 Å². The highest BCUT2D eigenvalue weighted by Crippen LogP contribution is 2.36. The van der Waals surface area contributed by atoms with Gasteiger partial charge in [-0.05, 0) is 39.0 Å². The number of hydrogen-bond donors (Lipinski definition) is 3. The molecule has 18 heteroatoms. The first kappa shape index (κ1) is 30.8. The Morgan fingerprint density at radius 3 is 2.55 bits per heavy atom. The minimum atomic E-state index is -5.08. The lowest BCUT2D eigenvalue weighted by atomic mass is 10.1. The van der Waals surface area contributed by atoms with Crippen LogP contribution in [-0.2, 0) is 14.6 Å². The van der Waals surface area contributed by atoms with Gasteiger partial charge in [0.05, 0.1) is 33.3 Å². The molecular formula is C24H26ClF3N8O5S. The second kappa shape index (κ2) is 10.9. The molecule has 1 aliphatic rings. The van der Waals surface area contributed by atoms with Gasteiger partial charge in [-0.2, -0.15) is 18.3 Å². The Labute approximate surface area is 242 Å². The number of nitrogens with zero attached hydrogens (tertiary/aromatic N) is 6. The maximum absolute atomic E-state index is 13.3. The number of alkyl halides is 3. The number of carboxylic acid groups (broad SMARTS) is 1. The Morgan fingerprint density at radius 2 is 1.93 bits per heavy atom.